The van der Waals surface area contributed by atoms with Gasteiger partial charge in [0, 0.05) is 10.3 Å². The quantitative estimate of drug-likeness (QED) is 0.405. The summed E-state index contributed by atoms with van der Waals surface area (Å²) in [5.74, 6) is -0.000916. The molecule has 0 saturated heterocycles. The van der Waals surface area contributed by atoms with Crippen LogP contribution in [-0.2, 0) is 0 Å². The molecular formula is C24H20N4O3S. The number of anilines is 2. The van der Waals surface area contributed by atoms with Gasteiger partial charge < -0.3 is 15.2 Å². The van der Waals surface area contributed by atoms with Gasteiger partial charge in [0.2, 0.25) is 0 Å². The summed E-state index contributed by atoms with van der Waals surface area (Å²) in [6.07, 6.45) is 0. The molecule has 0 fully saturated rings. The van der Waals surface area contributed by atoms with Crippen LogP contribution in [0.4, 0.5) is 11.5 Å². The SMILES string of the molecule is COc1ccc(Nc2c(-c3cc(C#N)cs3)c(C)nn2-c2ccccc2C)c(C(=O)O)c1. The third-order valence-electron chi connectivity index (χ3n) is 5.09. The molecule has 2 N–H and O–H groups in total. The van der Waals surface area contributed by atoms with E-state index >= 15 is 0 Å². The molecule has 0 spiro atoms. The molecule has 8 heteroatoms. The zero-order valence-electron chi connectivity index (χ0n) is 17.7. The lowest BCUT2D eigenvalue weighted by molar-refractivity contribution is 0.0697. The van der Waals surface area contributed by atoms with E-state index in [1.54, 1.807) is 22.2 Å². The van der Waals surface area contributed by atoms with Crippen LogP contribution >= 0.6 is 11.3 Å². The molecule has 4 aromatic rings. The van der Waals surface area contributed by atoms with Gasteiger partial charge in [0.25, 0.3) is 0 Å². The van der Waals surface area contributed by atoms with E-state index in [4.69, 9.17) is 9.84 Å². The number of carboxylic acid groups (broad SMARTS) is 1. The molecule has 0 atom stereocenters. The van der Waals surface area contributed by atoms with Gasteiger partial charge in [0.1, 0.15) is 17.6 Å². The first kappa shape index (κ1) is 21.2. The number of nitrogens with one attached hydrogen (secondary N) is 1. The van der Waals surface area contributed by atoms with Gasteiger partial charge in [-0.1, -0.05) is 18.2 Å². The predicted molar refractivity (Wildman–Crippen MR) is 124 cm³/mol. The number of nitrogens with zero attached hydrogens (tertiary/aromatic N) is 3. The maximum Gasteiger partial charge on any atom is 0.337 e. The minimum absolute atomic E-state index is 0.0781. The molecule has 0 amide bonds. The summed E-state index contributed by atoms with van der Waals surface area (Å²) < 4.78 is 6.97. The highest BCUT2D eigenvalue weighted by Crippen LogP contribution is 2.39. The third-order valence-corrected chi connectivity index (χ3v) is 6.04. The summed E-state index contributed by atoms with van der Waals surface area (Å²) >= 11 is 1.44. The molecule has 0 aliphatic carbocycles. The van der Waals surface area contributed by atoms with E-state index in [1.807, 2.05) is 44.2 Å². The van der Waals surface area contributed by atoms with Crippen LogP contribution in [0, 0.1) is 25.2 Å². The highest BCUT2D eigenvalue weighted by Gasteiger charge is 2.22. The lowest BCUT2D eigenvalue weighted by atomic mass is 10.1. The number of hydrogen-bond donors (Lipinski definition) is 2. The van der Waals surface area contributed by atoms with Crippen LogP contribution in [-0.4, -0.2) is 28.0 Å². The van der Waals surface area contributed by atoms with Gasteiger partial charge in [0.05, 0.1) is 40.9 Å². The third kappa shape index (κ3) is 3.82. The molecule has 0 saturated carbocycles. The van der Waals surface area contributed by atoms with Gasteiger partial charge in [-0.3, -0.25) is 0 Å². The van der Waals surface area contributed by atoms with Crippen molar-refractivity contribution in [3.63, 3.8) is 0 Å². The Morgan fingerprint density at radius 2 is 2.00 bits per heavy atom. The van der Waals surface area contributed by atoms with Gasteiger partial charge in [0.15, 0.2) is 0 Å². The zero-order chi connectivity index (χ0) is 22.8. The number of hydrogen-bond acceptors (Lipinski definition) is 6. The van der Waals surface area contributed by atoms with E-state index in [1.165, 1.54) is 24.5 Å². The summed E-state index contributed by atoms with van der Waals surface area (Å²) in [5.41, 5.74) is 4.50. The molecule has 160 valence electrons. The Balaban J connectivity index is 1.95. The van der Waals surface area contributed by atoms with E-state index in [0.29, 0.717) is 22.8 Å². The molecule has 0 aliphatic heterocycles. The molecule has 32 heavy (non-hydrogen) atoms. The van der Waals surface area contributed by atoms with Gasteiger partial charge in [-0.2, -0.15) is 10.4 Å². The molecule has 0 aliphatic rings. The number of aromatic carboxylic acids is 1. The molecule has 2 heterocycles. The number of rotatable bonds is 6. The summed E-state index contributed by atoms with van der Waals surface area (Å²) in [6, 6.07) is 16.7. The molecule has 4 rings (SSSR count). The number of ether oxygens (including phenoxy) is 1. The first-order valence-corrected chi connectivity index (χ1v) is 10.6. The Hall–Kier alpha value is -4.09. The number of carboxylic acids is 1. The maximum absolute atomic E-state index is 11.9. The molecular weight excluding hydrogens is 424 g/mol. The Morgan fingerprint density at radius 3 is 2.66 bits per heavy atom. The van der Waals surface area contributed by atoms with Crippen LogP contribution in [0.2, 0.25) is 0 Å². The number of aryl methyl sites for hydroxylation is 2. The van der Waals surface area contributed by atoms with Crippen molar-refractivity contribution < 1.29 is 14.6 Å². The van der Waals surface area contributed by atoms with Crippen molar-refractivity contribution in [2.75, 3.05) is 12.4 Å². The fraction of sp³-hybridized carbons (Fsp3) is 0.125. The zero-order valence-corrected chi connectivity index (χ0v) is 18.5. The Bertz CT molecular complexity index is 1360. The van der Waals surface area contributed by atoms with Crippen LogP contribution in [0.3, 0.4) is 0 Å². The molecule has 2 aromatic heterocycles. The second kappa shape index (κ2) is 8.57. The predicted octanol–water partition coefficient (Wildman–Crippen LogP) is 5.54. The molecule has 0 bridgehead atoms. The maximum atomic E-state index is 11.9. The van der Waals surface area contributed by atoms with Crippen LogP contribution in [0.1, 0.15) is 27.2 Å². The first-order chi connectivity index (χ1) is 15.4. The number of nitriles is 1. The first-order valence-electron chi connectivity index (χ1n) is 9.76. The van der Waals surface area contributed by atoms with Crippen molar-refractivity contribution in [3.8, 4) is 27.9 Å². The van der Waals surface area contributed by atoms with Crippen LogP contribution < -0.4 is 10.1 Å². The van der Waals surface area contributed by atoms with Gasteiger partial charge in [-0.05, 0) is 49.7 Å². The highest BCUT2D eigenvalue weighted by atomic mass is 32.1. The van der Waals surface area contributed by atoms with Crippen molar-refractivity contribution in [2.24, 2.45) is 0 Å². The van der Waals surface area contributed by atoms with Crippen LogP contribution in [0.5, 0.6) is 5.75 Å². The summed E-state index contributed by atoms with van der Waals surface area (Å²) in [6.45, 7) is 3.89. The van der Waals surface area contributed by atoms with Crippen LogP contribution in [0.25, 0.3) is 16.1 Å². The number of benzene rings is 2. The van der Waals surface area contributed by atoms with E-state index in [2.05, 4.69) is 11.4 Å². The van der Waals surface area contributed by atoms with Crippen molar-refractivity contribution in [1.29, 1.82) is 5.26 Å². The number of aromatic nitrogens is 2. The van der Waals surface area contributed by atoms with Gasteiger partial charge in [-0.15, -0.1) is 11.3 Å². The Kier molecular flexibility index (Phi) is 5.67. The average Bonchev–Trinajstić information content (AvgIpc) is 3.38. The van der Waals surface area contributed by atoms with Crippen LogP contribution in [0.15, 0.2) is 53.9 Å². The van der Waals surface area contributed by atoms with E-state index in [9.17, 15) is 15.2 Å². The van der Waals surface area contributed by atoms with E-state index in [-0.39, 0.29) is 5.56 Å². The summed E-state index contributed by atoms with van der Waals surface area (Å²) in [7, 11) is 1.49. The number of thiophene rings is 1. The standard InChI is InChI=1S/C24H20N4O3S/c1-14-6-4-5-7-20(14)28-23(22(15(2)27-28)21-10-16(12-25)13-32-21)26-19-9-8-17(31-3)11-18(19)24(29)30/h4-11,13,26H,1-3H3,(H,29,30). The minimum atomic E-state index is -1.07. The fourth-order valence-electron chi connectivity index (χ4n) is 3.50. The molecule has 7 nitrogen and oxygen atoms in total. The van der Waals surface area contributed by atoms with Crippen molar-refractivity contribution in [3.05, 3.63) is 76.3 Å². The monoisotopic (exact) mass is 444 g/mol. The topological polar surface area (TPSA) is 100 Å². The molecule has 2 aromatic carbocycles. The summed E-state index contributed by atoms with van der Waals surface area (Å²) in [5, 5.41) is 28.9. The number of carbonyl (C=O) groups is 1. The summed E-state index contributed by atoms with van der Waals surface area (Å²) in [4.78, 5) is 12.8. The largest absolute Gasteiger partial charge is 0.497 e. The normalized spacial score (nSPS) is 10.6. The number of methoxy groups -OCH3 is 1. The van der Waals surface area contributed by atoms with Crippen molar-refractivity contribution >= 4 is 28.8 Å². The van der Waals surface area contributed by atoms with E-state index in [0.717, 1.165) is 27.4 Å². The highest BCUT2D eigenvalue weighted by molar-refractivity contribution is 7.13. The minimum Gasteiger partial charge on any atom is -0.497 e. The van der Waals surface area contributed by atoms with Crippen molar-refractivity contribution in [2.45, 2.75) is 13.8 Å². The second-order valence-corrected chi connectivity index (χ2v) is 8.07. The number of para-hydroxylation sites is 1. The van der Waals surface area contributed by atoms with Gasteiger partial charge >= 0.3 is 5.97 Å². The van der Waals surface area contributed by atoms with E-state index < -0.39 is 5.97 Å². The average molecular weight is 445 g/mol. The fourth-order valence-corrected chi connectivity index (χ4v) is 4.43. The van der Waals surface area contributed by atoms with Crippen molar-refractivity contribution in [1.82, 2.24) is 9.78 Å². The second-order valence-electron chi connectivity index (χ2n) is 7.16. The molecule has 0 unspecified atom stereocenters. The lowest BCUT2D eigenvalue weighted by Gasteiger charge is -2.15. The lowest BCUT2D eigenvalue weighted by Crippen LogP contribution is -2.08. The van der Waals surface area contributed by atoms with Gasteiger partial charge in [-0.25, -0.2) is 9.48 Å². The Labute approximate surface area is 189 Å². The molecule has 0 radical (unpaired) electrons. The smallest absolute Gasteiger partial charge is 0.337 e. The Morgan fingerprint density at radius 1 is 1.22 bits per heavy atom.